The molecule has 3 nitrogen and oxygen atoms in total. The van der Waals surface area contributed by atoms with Crippen molar-refractivity contribution in [3.8, 4) is 0 Å². The van der Waals surface area contributed by atoms with E-state index in [2.05, 4.69) is 0 Å². The molecule has 0 saturated heterocycles. The van der Waals surface area contributed by atoms with E-state index in [0.717, 1.165) is 19.4 Å². The number of aliphatic hydroxyl groups excluding tert-OH is 1. The highest BCUT2D eigenvalue weighted by Crippen LogP contribution is 2.32. The SMILES string of the molecule is CCOCCOCC(O)C1CC1. The average molecular weight is 174 g/mol. The van der Waals surface area contributed by atoms with Gasteiger partial charge in [0.25, 0.3) is 0 Å². The van der Waals surface area contributed by atoms with Gasteiger partial charge < -0.3 is 14.6 Å². The summed E-state index contributed by atoms with van der Waals surface area (Å²) in [5, 5.41) is 9.38. The van der Waals surface area contributed by atoms with E-state index < -0.39 is 0 Å². The monoisotopic (exact) mass is 174 g/mol. The Hall–Kier alpha value is -0.120. The van der Waals surface area contributed by atoms with Crippen molar-refractivity contribution >= 4 is 0 Å². The van der Waals surface area contributed by atoms with Crippen molar-refractivity contribution in [3.05, 3.63) is 0 Å². The Kier molecular flexibility index (Phi) is 4.58. The Morgan fingerprint density at radius 3 is 2.58 bits per heavy atom. The molecule has 0 heterocycles. The van der Waals surface area contributed by atoms with Crippen molar-refractivity contribution in [1.29, 1.82) is 0 Å². The van der Waals surface area contributed by atoms with Crippen LogP contribution in [0.4, 0.5) is 0 Å². The van der Waals surface area contributed by atoms with E-state index in [-0.39, 0.29) is 6.10 Å². The standard InChI is InChI=1S/C9H18O3/c1-2-11-5-6-12-7-9(10)8-3-4-8/h8-10H,2-7H2,1H3. The smallest absolute Gasteiger partial charge is 0.0801 e. The Balaban J connectivity index is 1.81. The van der Waals surface area contributed by atoms with E-state index in [4.69, 9.17) is 9.47 Å². The van der Waals surface area contributed by atoms with Crippen molar-refractivity contribution in [2.75, 3.05) is 26.4 Å². The van der Waals surface area contributed by atoms with Crippen LogP contribution in [-0.4, -0.2) is 37.6 Å². The van der Waals surface area contributed by atoms with Crippen LogP contribution in [-0.2, 0) is 9.47 Å². The van der Waals surface area contributed by atoms with Gasteiger partial charge in [-0.15, -0.1) is 0 Å². The average Bonchev–Trinajstić information content (AvgIpc) is 2.86. The van der Waals surface area contributed by atoms with Crippen molar-refractivity contribution < 1.29 is 14.6 Å². The maximum atomic E-state index is 9.38. The molecule has 72 valence electrons. The van der Waals surface area contributed by atoms with Gasteiger partial charge in [0.1, 0.15) is 0 Å². The van der Waals surface area contributed by atoms with Gasteiger partial charge in [0.05, 0.1) is 25.9 Å². The zero-order valence-electron chi connectivity index (χ0n) is 7.66. The first-order valence-electron chi connectivity index (χ1n) is 4.68. The van der Waals surface area contributed by atoms with Crippen LogP contribution in [0.3, 0.4) is 0 Å². The van der Waals surface area contributed by atoms with E-state index in [1.54, 1.807) is 0 Å². The lowest BCUT2D eigenvalue weighted by atomic mass is 10.2. The lowest BCUT2D eigenvalue weighted by molar-refractivity contribution is -0.00118. The number of hydrogen-bond acceptors (Lipinski definition) is 3. The molecule has 3 heteroatoms. The zero-order valence-corrected chi connectivity index (χ0v) is 7.66. The summed E-state index contributed by atoms with van der Waals surface area (Å²) < 4.78 is 10.3. The molecule has 0 amide bonds. The van der Waals surface area contributed by atoms with Crippen molar-refractivity contribution in [2.24, 2.45) is 5.92 Å². The first-order chi connectivity index (χ1) is 5.84. The third kappa shape index (κ3) is 4.04. The van der Waals surface area contributed by atoms with Crippen molar-refractivity contribution in [2.45, 2.75) is 25.9 Å². The second kappa shape index (κ2) is 5.51. The highest BCUT2D eigenvalue weighted by molar-refractivity contribution is 4.80. The second-order valence-corrected chi connectivity index (χ2v) is 3.18. The first-order valence-corrected chi connectivity index (χ1v) is 4.68. The molecule has 1 unspecified atom stereocenters. The second-order valence-electron chi connectivity index (χ2n) is 3.18. The molecule has 1 aliphatic carbocycles. The van der Waals surface area contributed by atoms with Crippen LogP contribution in [0.2, 0.25) is 0 Å². The van der Waals surface area contributed by atoms with Gasteiger partial charge in [0.2, 0.25) is 0 Å². The summed E-state index contributed by atoms with van der Waals surface area (Å²) in [6.45, 7) is 4.39. The van der Waals surface area contributed by atoms with Crippen LogP contribution in [0.5, 0.6) is 0 Å². The van der Waals surface area contributed by atoms with Gasteiger partial charge >= 0.3 is 0 Å². The van der Waals surface area contributed by atoms with E-state index in [0.29, 0.717) is 25.7 Å². The number of ether oxygens (including phenoxy) is 2. The molecular formula is C9H18O3. The Morgan fingerprint density at radius 2 is 2.00 bits per heavy atom. The number of aliphatic hydroxyl groups is 1. The maximum absolute atomic E-state index is 9.38. The summed E-state index contributed by atoms with van der Waals surface area (Å²) in [5.41, 5.74) is 0. The molecule has 1 aliphatic rings. The Labute approximate surface area is 73.7 Å². The fraction of sp³-hybridized carbons (Fsp3) is 1.00. The van der Waals surface area contributed by atoms with Gasteiger partial charge in [-0.2, -0.15) is 0 Å². The van der Waals surface area contributed by atoms with Crippen LogP contribution < -0.4 is 0 Å². The lowest BCUT2D eigenvalue weighted by Gasteiger charge is -2.09. The predicted octanol–water partition coefficient (Wildman–Crippen LogP) is 0.810. The quantitative estimate of drug-likeness (QED) is 0.580. The molecule has 1 N–H and O–H groups in total. The third-order valence-electron chi connectivity index (χ3n) is 2.03. The van der Waals surface area contributed by atoms with E-state index in [9.17, 15) is 5.11 Å². The minimum atomic E-state index is -0.244. The minimum Gasteiger partial charge on any atom is -0.390 e. The molecule has 1 atom stereocenters. The number of rotatable bonds is 7. The Bertz CT molecular complexity index is 112. The topological polar surface area (TPSA) is 38.7 Å². The summed E-state index contributed by atoms with van der Waals surface area (Å²) in [6, 6.07) is 0. The van der Waals surface area contributed by atoms with Crippen LogP contribution in [0.25, 0.3) is 0 Å². The molecule has 1 fully saturated rings. The van der Waals surface area contributed by atoms with E-state index >= 15 is 0 Å². The van der Waals surface area contributed by atoms with Gasteiger partial charge in [-0.25, -0.2) is 0 Å². The zero-order chi connectivity index (χ0) is 8.81. The summed E-state index contributed by atoms with van der Waals surface area (Å²) >= 11 is 0. The van der Waals surface area contributed by atoms with Crippen LogP contribution in [0.1, 0.15) is 19.8 Å². The van der Waals surface area contributed by atoms with E-state index in [1.807, 2.05) is 6.92 Å². The largest absolute Gasteiger partial charge is 0.390 e. The molecule has 0 aromatic rings. The Morgan fingerprint density at radius 1 is 1.33 bits per heavy atom. The predicted molar refractivity (Wildman–Crippen MR) is 46.0 cm³/mol. The highest BCUT2D eigenvalue weighted by atomic mass is 16.5. The van der Waals surface area contributed by atoms with Crippen molar-refractivity contribution in [1.82, 2.24) is 0 Å². The molecule has 0 aliphatic heterocycles. The van der Waals surface area contributed by atoms with Crippen LogP contribution >= 0.6 is 0 Å². The molecule has 1 saturated carbocycles. The summed E-state index contributed by atoms with van der Waals surface area (Å²) in [5.74, 6) is 0.511. The molecular weight excluding hydrogens is 156 g/mol. The first kappa shape index (κ1) is 9.96. The van der Waals surface area contributed by atoms with Gasteiger partial charge in [-0.05, 0) is 25.7 Å². The molecule has 0 spiro atoms. The molecule has 0 aromatic heterocycles. The van der Waals surface area contributed by atoms with Gasteiger partial charge in [-0.3, -0.25) is 0 Å². The molecule has 0 radical (unpaired) electrons. The fourth-order valence-corrected chi connectivity index (χ4v) is 1.08. The van der Waals surface area contributed by atoms with Gasteiger partial charge in [-0.1, -0.05) is 0 Å². The molecule has 0 aromatic carbocycles. The van der Waals surface area contributed by atoms with Crippen molar-refractivity contribution in [3.63, 3.8) is 0 Å². The minimum absolute atomic E-state index is 0.244. The molecule has 12 heavy (non-hydrogen) atoms. The van der Waals surface area contributed by atoms with E-state index in [1.165, 1.54) is 0 Å². The lowest BCUT2D eigenvalue weighted by Crippen LogP contribution is -2.19. The molecule has 0 bridgehead atoms. The molecule has 1 rings (SSSR count). The number of hydrogen-bond donors (Lipinski definition) is 1. The fourth-order valence-electron chi connectivity index (χ4n) is 1.08. The highest BCUT2D eigenvalue weighted by Gasteiger charge is 2.29. The van der Waals surface area contributed by atoms with Gasteiger partial charge in [0, 0.05) is 6.61 Å². The summed E-state index contributed by atoms with van der Waals surface area (Å²) in [6.07, 6.45) is 2.08. The maximum Gasteiger partial charge on any atom is 0.0801 e. The summed E-state index contributed by atoms with van der Waals surface area (Å²) in [4.78, 5) is 0. The third-order valence-corrected chi connectivity index (χ3v) is 2.03. The van der Waals surface area contributed by atoms with Crippen LogP contribution in [0, 0.1) is 5.92 Å². The normalized spacial score (nSPS) is 19.5. The van der Waals surface area contributed by atoms with Crippen LogP contribution in [0.15, 0.2) is 0 Å². The van der Waals surface area contributed by atoms with Gasteiger partial charge in [0.15, 0.2) is 0 Å². The summed E-state index contributed by atoms with van der Waals surface area (Å²) in [7, 11) is 0.